The van der Waals surface area contributed by atoms with Crippen molar-refractivity contribution in [3.05, 3.63) is 35.9 Å². The van der Waals surface area contributed by atoms with Gasteiger partial charge in [0.1, 0.15) is 6.04 Å². The average molecular weight is 308 g/mol. The summed E-state index contributed by atoms with van der Waals surface area (Å²) in [6.45, 7) is 3.98. The number of rotatable bonds is 8. The lowest BCUT2D eigenvalue weighted by atomic mass is 9.98. The largest absolute Gasteiger partial charge is 0.368 e. The topological polar surface area (TPSA) is 72.2 Å². The van der Waals surface area contributed by atoms with E-state index in [1.165, 1.54) is 0 Å². The number of hydrogen-bond donors (Lipinski definition) is 3. The van der Waals surface area contributed by atoms with Gasteiger partial charge in [-0.05, 0) is 24.3 Å². The van der Waals surface area contributed by atoms with E-state index in [1.54, 1.807) is 0 Å². The predicted octanol–water partition coefficient (Wildman–Crippen LogP) is 1.79. The molecule has 3 N–H and O–H groups in total. The maximum Gasteiger partial charge on any atom is 0.240 e. The summed E-state index contributed by atoms with van der Waals surface area (Å²) in [5.74, 6) is -0.224. The van der Waals surface area contributed by atoms with Crippen molar-refractivity contribution in [1.82, 2.24) is 5.32 Å². The maximum absolute atomic E-state index is 12.3. The van der Waals surface area contributed by atoms with Gasteiger partial charge in [-0.15, -0.1) is 0 Å². The van der Waals surface area contributed by atoms with Crippen LogP contribution in [0.15, 0.2) is 30.3 Å². The Morgan fingerprint density at radius 1 is 1.24 bits per heavy atom. The zero-order chi connectivity index (χ0) is 15.8. The van der Waals surface area contributed by atoms with Crippen molar-refractivity contribution in [2.24, 2.45) is 17.6 Å². The fraction of sp³-hybridized carbons (Fsp3) is 0.500. The molecule has 0 heterocycles. The number of nitrogens with two attached hydrogens (primary N) is 1. The van der Waals surface area contributed by atoms with E-state index in [9.17, 15) is 9.59 Å². The van der Waals surface area contributed by atoms with Gasteiger partial charge >= 0.3 is 0 Å². The molecule has 1 aromatic carbocycles. The third kappa shape index (κ3) is 6.21. The van der Waals surface area contributed by atoms with E-state index >= 15 is 0 Å². The van der Waals surface area contributed by atoms with Crippen LogP contribution in [0, 0.1) is 11.8 Å². The van der Waals surface area contributed by atoms with Gasteiger partial charge in [0.25, 0.3) is 0 Å². The maximum atomic E-state index is 12.3. The highest BCUT2D eigenvalue weighted by molar-refractivity contribution is 7.80. The summed E-state index contributed by atoms with van der Waals surface area (Å²) in [5, 5.41) is 2.76. The molecule has 2 atom stereocenters. The molecule has 1 rings (SSSR count). The number of carbonyl (C=O) groups excluding carboxylic acids is 2. The van der Waals surface area contributed by atoms with Gasteiger partial charge < -0.3 is 11.1 Å². The monoisotopic (exact) mass is 308 g/mol. The highest BCUT2D eigenvalue weighted by Crippen LogP contribution is 2.12. The van der Waals surface area contributed by atoms with Crippen LogP contribution in [-0.4, -0.2) is 23.6 Å². The fourth-order valence-corrected chi connectivity index (χ4v) is 2.44. The SMILES string of the molecule is CC(C)C[C@H](NC(=O)C(CS)Cc1ccccc1)C(N)=O. The Hall–Kier alpha value is -1.49. The van der Waals surface area contributed by atoms with Crippen molar-refractivity contribution in [1.29, 1.82) is 0 Å². The van der Waals surface area contributed by atoms with Crippen LogP contribution in [0.25, 0.3) is 0 Å². The van der Waals surface area contributed by atoms with Crippen LogP contribution in [0.1, 0.15) is 25.8 Å². The van der Waals surface area contributed by atoms with Crippen LogP contribution in [0.5, 0.6) is 0 Å². The first-order valence-corrected chi connectivity index (χ1v) is 7.81. The standard InChI is InChI=1S/C16H24N2O2S/c1-11(2)8-14(15(17)19)18-16(20)13(10-21)9-12-6-4-3-5-7-12/h3-7,11,13-14,21H,8-10H2,1-2H3,(H2,17,19)(H,18,20)/t13?,14-/m0/s1. The molecule has 1 unspecified atom stereocenters. The Kier molecular flexibility index (Phi) is 7.29. The van der Waals surface area contributed by atoms with E-state index in [4.69, 9.17) is 5.73 Å². The third-order valence-corrected chi connectivity index (χ3v) is 3.72. The lowest BCUT2D eigenvalue weighted by molar-refractivity contribution is -0.129. The Morgan fingerprint density at radius 3 is 2.33 bits per heavy atom. The molecule has 4 nitrogen and oxygen atoms in total. The van der Waals surface area contributed by atoms with E-state index in [1.807, 2.05) is 44.2 Å². The normalized spacial score (nSPS) is 13.7. The van der Waals surface area contributed by atoms with E-state index in [0.29, 0.717) is 18.6 Å². The van der Waals surface area contributed by atoms with E-state index in [0.717, 1.165) is 5.56 Å². The first-order valence-electron chi connectivity index (χ1n) is 7.18. The van der Waals surface area contributed by atoms with Crippen molar-refractivity contribution >= 4 is 24.4 Å². The first-order chi connectivity index (χ1) is 9.93. The summed E-state index contributed by atoms with van der Waals surface area (Å²) in [5.41, 5.74) is 6.43. The molecule has 0 fully saturated rings. The molecule has 0 aromatic heterocycles. The number of amides is 2. The van der Waals surface area contributed by atoms with Gasteiger partial charge in [0.05, 0.1) is 5.92 Å². The van der Waals surface area contributed by atoms with Gasteiger partial charge in [0.15, 0.2) is 0 Å². The molecule has 0 spiro atoms. The molecule has 0 saturated heterocycles. The molecular formula is C16H24N2O2S. The average Bonchev–Trinajstić information content (AvgIpc) is 2.44. The van der Waals surface area contributed by atoms with Gasteiger partial charge in [-0.3, -0.25) is 9.59 Å². The van der Waals surface area contributed by atoms with Gasteiger partial charge in [-0.25, -0.2) is 0 Å². The zero-order valence-corrected chi connectivity index (χ0v) is 13.5. The second-order valence-corrected chi connectivity index (χ2v) is 6.03. The molecule has 116 valence electrons. The Bertz CT molecular complexity index is 463. The smallest absolute Gasteiger partial charge is 0.240 e. The van der Waals surface area contributed by atoms with Crippen LogP contribution in [-0.2, 0) is 16.0 Å². The minimum Gasteiger partial charge on any atom is -0.368 e. The summed E-state index contributed by atoms with van der Waals surface area (Å²) in [6.07, 6.45) is 1.15. The van der Waals surface area contributed by atoms with Gasteiger partial charge in [-0.1, -0.05) is 44.2 Å². The van der Waals surface area contributed by atoms with Crippen LogP contribution in [0.2, 0.25) is 0 Å². The van der Waals surface area contributed by atoms with Crippen LogP contribution >= 0.6 is 12.6 Å². The minimum atomic E-state index is -0.615. The minimum absolute atomic E-state index is 0.168. The number of thiol groups is 1. The summed E-state index contributed by atoms with van der Waals surface area (Å²) in [4.78, 5) is 23.7. The summed E-state index contributed by atoms with van der Waals surface area (Å²) >= 11 is 4.25. The highest BCUT2D eigenvalue weighted by atomic mass is 32.1. The molecule has 0 saturated carbocycles. The van der Waals surface area contributed by atoms with Crippen molar-refractivity contribution < 1.29 is 9.59 Å². The second-order valence-electron chi connectivity index (χ2n) is 5.66. The Morgan fingerprint density at radius 2 is 1.86 bits per heavy atom. The highest BCUT2D eigenvalue weighted by Gasteiger charge is 2.24. The quantitative estimate of drug-likeness (QED) is 0.641. The zero-order valence-electron chi connectivity index (χ0n) is 12.6. The Labute approximate surface area is 131 Å². The lowest BCUT2D eigenvalue weighted by Crippen LogP contribution is -2.47. The number of carbonyl (C=O) groups is 2. The van der Waals surface area contributed by atoms with Gasteiger partial charge in [0, 0.05) is 5.75 Å². The third-order valence-electron chi connectivity index (χ3n) is 3.28. The summed E-state index contributed by atoms with van der Waals surface area (Å²) < 4.78 is 0. The first kappa shape index (κ1) is 17.6. The van der Waals surface area contributed by atoms with Gasteiger partial charge in [-0.2, -0.15) is 12.6 Å². The molecule has 5 heteroatoms. The Balaban J connectivity index is 2.67. The summed E-state index contributed by atoms with van der Waals surface area (Å²) in [7, 11) is 0. The lowest BCUT2D eigenvalue weighted by Gasteiger charge is -2.21. The van der Waals surface area contributed by atoms with Crippen molar-refractivity contribution in [2.45, 2.75) is 32.7 Å². The van der Waals surface area contributed by atoms with E-state index < -0.39 is 11.9 Å². The number of primary amides is 1. The number of benzene rings is 1. The van der Waals surface area contributed by atoms with Crippen molar-refractivity contribution in [3.63, 3.8) is 0 Å². The fourth-order valence-electron chi connectivity index (χ4n) is 2.15. The van der Waals surface area contributed by atoms with Crippen molar-refractivity contribution in [3.8, 4) is 0 Å². The molecule has 0 radical (unpaired) electrons. The molecule has 1 aromatic rings. The van der Waals surface area contributed by atoms with E-state index in [-0.39, 0.29) is 17.7 Å². The van der Waals surface area contributed by atoms with Crippen LogP contribution in [0.3, 0.4) is 0 Å². The number of nitrogens with one attached hydrogen (secondary N) is 1. The van der Waals surface area contributed by atoms with E-state index in [2.05, 4.69) is 17.9 Å². The van der Waals surface area contributed by atoms with Crippen LogP contribution < -0.4 is 11.1 Å². The molecule has 0 aliphatic rings. The molecule has 0 aliphatic heterocycles. The van der Waals surface area contributed by atoms with Gasteiger partial charge in [0.2, 0.25) is 11.8 Å². The summed E-state index contributed by atoms with van der Waals surface area (Å²) in [6, 6.07) is 9.15. The predicted molar refractivity (Wildman–Crippen MR) is 88.1 cm³/mol. The molecular weight excluding hydrogens is 284 g/mol. The molecule has 2 amide bonds. The molecule has 21 heavy (non-hydrogen) atoms. The second kappa shape index (κ2) is 8.72. The molecule has 0 bridgehead atoms. The molecule has 0 aliphatic carbocycles. The van der Waals surface area contributed by atoms with Crippen LogP contribution in [0.4, 0.5) is 0 Å². The number of hydrogen-bond acceptors (Lipinski definition) is 3. The van der Waals surface area contributed by atoms with Crippen molar-refractivity contribution in [2.75, 3.05) is 5.75 Å².